The van der Waals surface area contributed by atoms with Crippen LogP contribution >= 0.6 is 11.8 Å². The molecule has 142 valence electrons. The summed E-state index contributed by atoms with van der Waals surface area (Å²) >= 11 is 1.46. The highest BCUT2D eigenvalue weighted by Crippen LogP contribution is 2.40. The van der Waals surface area contributed by atoms with Gasteiger partial charge in [-0.2, -0.15) is 4.98 Å². The molecule has 0 aliphatic carbocycles. The first-order valence-electron chi connectivity index (χ1n) is 9.03. The molecule has 1 N–H and O–H groups in total. The van der Waals surface area contributed by atoms with Gasteiger partial charge in [-0.15, -0.1) is 16.8 Å². The molecule has 0 bridgehead atoms. The average molecular weight is 392 g/mol. The molecule has 0 spiro atoms. The van der Waals surface area contributed by atoms with Crippen LogP contribution in [0.15, 0.2) is 66.3 Å². The molecular weight excluding hydrogens is 372 g/mol. The Kier molecular flexibility index (Phi) is 5.43. The van der Waals surface area contributed by atoms with Crippen molar-refractivity contribution >= 4 is 17.4 Å². The van der Waals surface area contributed by atoms with Gasteiger partial charge in [0.15, 0.2) is 5.69 Å². The topological polar surface area (TPSA) is 69.2 Å². The van der Waals surface area contributed by atoms with Crippen LogP contribution in [0.5, 0.6) is 11.6 Å². The minimum Gasteiger partial charge on any atom is -0.493 e. The highest BCUT2D eigenvalue weighted by Gasteiger charge is 2.27. The number of hydrogen-bond donors (Lipinski definition) is 1. The molecule has 7 heteroatoms. The normalized spacial score (nSPS) is 14.7. The van der Waals surface area contributed by atoms with E-state index < -0.39 is 6.23 Å². The van der Waals surface area contributed by atoms with E-state index in [1.54, 1.807) is 6.08 Å². The molecule has 0 fully saturated rings. The number of aromatic nitrogens is 3. The van der Waals surface area contributed by atoms with E-state index in [1.165, 1.54) is 11.8 Å². The fourth-order valence-electron chi connectivity index (χ4n) is 2.97. The van der Waals surface area contributed by atoms with Crippen molar-refractivity contribution in [3.63, 3.8) is 0 Å². The zero-order valence-electron chi connectivity index (χ0n) is 15.5. The molecule has 0 saturated carbocycles. The maximum Gasteiger partial charge on any atom is 0.247 e. The quantitative estimate of drug-likeness (QED) is 0.481. The Labute approximate surface area is 168 Å². The van der Waals surface area contributed by atoms with E-state index in [1.807, 2.05) is 55.5 Å². The van der Waals surface area contributed by atoms with E-state index >= 15 is 0 Å². The number of hydrogen-bond acceptors (Lipinski definition) is 7. The van der Waals surface area contributed by atoms with Crippen molar-refractivity contribution in [3.05, 3.63) is 66.7 Å². The minimum atomic E-state index is -0.473. The molecule has 2 aromatic carbocycles. The molecule has 0 unspecified atom stereocenters. The van der Waals surface area contributed by atoms with Gasteiger partial charge in [-0.3, -0.25) is 0 Å². The van der Waals surface area contributed by atoms with E-state index in [0.717, 1.165) is 22.6 Å². The maximum atomic E-state index is 6.29. The predicted molar refractivity (Wildman–Crippen MR) is 111 cm³/mol. The third-order valence-electron chi connectivity index (χ3n) is 4.17. The summed E-state index contributed by atoms with van der Waals surface area (Å²) in [6, 6.07) is 15.7. The third-order valence-corrected chi connectivity index (χ3v) is 5.00. The fraction of sp³-hybridized carbons (Fsp3) is 0.190. The monoisotopic (exact) mass is 392 g/mol. The van der Waals surface area contributed by atoms with Gasteiger partial charge in [0.25, 0.3) is 0 Å². The van der Waals surface area contributed by atoms with Gasteiger partial charge in [0, 0.05) is 17.0 Å². The van der Waals surface area contributed by atoms with Crippen molar-refractivity contribution in [1.82, 2.24) is 15.2 Å². The van der Waals surface area contributed by atoms with Crippen molar-refractivity contribution < 1.29 is 9.47 Å². The van der Waals surface area contributed by atoms with Crippen molar-refractivity contribution in [2.45, 2.75) is 18.3 Å². The lowest BCUT2D eigenvalue weighted by atomic mass is 10.1. The van der Waals surface area contributed by atoms with Gasteiger partial charge in [-0.25, -0.2) is 0 Å². The van der Waals surface area contributed by atoms with Crippen LogP contribution in [0.1, 0.15) is 18.7 Å². The van der Waals surface area contributed by atoms with E-state index in [4.69, 9.17) is 9.47 Å². The molecule has 4 rings (SSSR count). The SMILES string of the molecule is C=CCSc1nnc2c(n1)O[C@@H](c1ccccc1OCC)Nc1ccccc1-2. The van der Waals surface area contributed by atoms with E-state index in [9.17, 15) is 0 Å². The second-order valence-electron chi connectivity index (χ2n) is 6.01. The molecule has 1 atom stereocenters. The molecule has 0 amide bonds. The number of rotatable bonds is 6. The van der Waals surface area contributed by atoms with Gasteiger partial charge >= 0.3 is 0 Å². The lowest BCUT2D eigenvalue weighted by molar-refractivity contribution is 0.217. The van der Waals surface area contributed by atoms with Gasteiger partial charge in [0.05, 0.1) is 12.2 Å². The van der Waals surface area contributed by atoms with Gasteiger partial charge in [-0.1, -0.05) is 48.2 Å². The molecule has 1 aliphatic heterocycles. The van der Waals surface area contributed by atoms with Crippen molar-refractivity contribution in [2.75, 3.05) is 17.7 Å². The first kappa shape index (κ1) is 18.3. The molecule has 0 radical (unpaired) electrons. The van der Waals surface area contributed by atoms with Crippen LogP contribution in [-0.4, -0.2) is 27.5 Å². The van der Waals surface area contributed by atoms with Crippen molar-refractivity contribution in [2.24, 2.45) is 0 Å². The Bertz CT molecular complexity index is 996. The standard InChI is InChI=1S/C21H20N4O2S/c1-3-13-28-21-23-20-18(24-25-21)14-9-5-7-11-16(14)22-19(27-20)15-10-6-8-12-17(15)26-4-2/h3,5-12,19,22H,1,4,13H2,2H3/t19-/m0/s1. The maximum absolute atomic E-state index is 6.29. The zero-order chi connectivity index (χ0) is 19.3. The summed E-state index contributed by atoms with van der Waals surface area (Å²) in [6.45, 7) is 6.27. The first-order valence-corrected chi connectivity index (χ1v) is 10.0. The number of anilines is 1. The van der Waals surface area contributed by atoms with Gasteiger partial charge in [0.2, 0.25) is 17.3 Å². The second kappa shape index (κ2) is 8.31. The second-order valence-corrected chi connectivity index (χ2v) is 6.99. The molecule has 3 aromatic rings. The average Bonchev–Trinajstić information content (AvgIpc) is 2.89. The van der Waals surface area contributed by atoms with Crippen LogP contribution in [0.25, 0.3) is 11.3 Å². The Hall–Kier alpha value is -3.06. The lowest BCUT2D eigenvalue weighted by Crippen LogP contribution is -2.18. The number of benzene rings is 2. The zero-order valence-corrected chi connectivity index (χ0v) is 16.3. The lowest BCUT2D eigenvalue weighted by Gasteiger charge is -2.21. The van der Waals surface area contributed by atoms with Crippen molar-refractivity contribution in [1.29, 1.82) is 0 Å². The van der Waals surface area contributed by atoms with Crippen LogP contribution in [0.4, 0.5) is 5.69 Å². The Morgan fingerprint density at radius 3 is 2.86 bits per heavy atom. The molecular formula is C21H20N4O2S. The number of ether oxygens (including phenoxy) is 2. The Balaban J connectivity index is 1.80. The largest absolute Gasteiger partial charge is 0.493 e. The van der Waals surface area contributed by atoms with Crippen LogP contribution in [0.2, 0.25) is 0 Å². The summed E-state index contributed by atoms with van der Waals surface area (Å²) in [6.07, 6.45) is 1.33. The summed E-state index contributed by atoms with van der Waals surface area (Å²) in [4.78, 5) is 4.60. The summed E-state index contributed by atoms with van der Waals surface area (Å²) in [7, 11) is 0. The summed E-state index contributed by atoms with van der Waals surface area (Å²) in [5.41, 5.74) is 3.31. The van der Waals surface area contributed by atoms with Crippen LogP contribution in [0.3, 0.4) is 0 Å². The predicted octanol–water partition coefficient (Wildman–Crippen LogP) is 4.72. The Morgan fingerprint density at radius 1 is 1.18 bits per heavy atom. The molecule has 6 nitrogen and oxygen atoms in total. The third kappa shape index (κ3) is 3.66. The van der Waals surface area contributed by atoms with Crippen LogP contribution < -0.4 is 14.8 Å². The molecule has 1 aromatic heterocycles. The number of nitrogens with one attached hydrogen (secondary N) is 1. The van der Waals surface area contributed by atoms with E-state index in [0.29, 0.717) is 29.1 Å². The summed E-state index contributed by atoms with van der Waals surface area (Å²) in [5.74, 6) is 1.91. The van der Waals surface area contributed by atoms with E-state index in [-0.39, 0.29) is 0 Å². The van der Waals surface area contributed by atoms with Crippen LogP contribution in [-0.2, 0) is 0 Å². The summed E-state index contributed by atoms with van der Waals surface area (Å²) < 4.78 is 12.1. The fourth-order valence-corrected chi connectivity index (χ4v) is 3.48. The molecule has 28 heavy (non-hydrogen) atoms. The summed E-state index contributed by atoms with van der Waals surface area (Å²) in [5, 5.41) is 12.6. The first-order chi connectivity index (χ1) is 13.8. The molecule has 2 heterocycles. The molecule has 0 saturated heterocycles. The number of thioether (sulfide) groups is 1. The van der Waals surface area contributed by atoms with Gasteiger partial charge in [-0.05, 0) is 25.1 Å². The highest BCUT2D eigenvalue weighted by molar-refractivity contribution is 7.99. The molecule has 1 aliphatic rings. The highest BCUT2D eigenvalue weighted by atomic mass is 32.2. The van der Waals surface area contributed by atoms with E-state index in [2.05, 4.69) is 27.1 Å². The van der Waals surface area contributed by atoms with Gasteiger partial charge < -0.3 is 14.8 Å². The smallest absolute Gasteiger partial charge is 0.247 e. The number of para-hydroxylation sites is 2. The number of fused-ring (bicyclic) bond motifs is 3. The minimum absolute atomic E-state index is 0.440. The van der Waals surface area contributed by atoms with Crippen LogP contribution in [0, 0.1) is 0 Å². The number of nitrogens with zero attached hydrogens (tertiary/aromatic N) is 3. The van der Waals surface area contributed by atoms with Crippen molar-refractivity contribution in [3.8, 4) is 22.9 Å². The van der Waals surface area contributed by atoms with Gasteiger partial charge in [0.1, 0.15) is 5.75 Å². The Morgan fingerprint density at radius 2 is 2.00 bits per heavy atom.